The summed E-state index contributed by atoms with van der Waals surface area (Å²) in [5, 5.41) is 7.40. The molecule has 0 saturated carbocycles. The van der Waals surface area contributed by atoms with Crippen molar-refractivity contribution in [3.8, 4) is 0 Å². The number of likely N-dealkylation sites (N-methyl/N-ethyl adjacent to an activating group) is 1. The lowest BCUT2D eigenvalue weighted by atomic mass is 10.2. The Bertz CT molecular complexity index is 276. The van der Waals surface area contributed by atoms with Crippen LogP contribution in [0.25, 0.3) is 0 Å². The number of thioether (sulfide) groups is 1. The molecule has 0 aromatic heterocycles. The quantitative estimate of drug-likeness (QED) is 0.381. The van der Waals surface area contributed by atoms with Crippen LogP contribution in [0.5, 0.6) is 0 Å². The minimum absolute atomic E-state index is 0. The molecule has 1 heterocycles. The highest BCUT2D eigenvalue weighted by Gasteiger charge is 2.22. The van der Waals surface area contributed by atoms with Gasteiger partial charge in [0.1, 0.15) is 0 Å². The van der Waals surface area contributed by atoms with Crippen molar-refractivity contribution in [1.29, 1.82) is 0 Å². The van der Waals surface area contributed by atoms with Gasteiger partial charge in [-0.3, -0.25) is 9.89 Å². The zero-order chi connectivity index (χ0) is 14.1. The Morgan fingerprint density at radius 3 is 2.75 bits per heavy atom. The number of likely N-dealkylation sites (tertiary alicyclic amines) is 1. The van der Waals surface area contributed by atoms with Gasteiger partial charge in [0, 0.05) is 24.4 Å². The topological polar surface area (TPSA) is 39.7 Å². The third-order valence-corrected chi connectivity index (χ3v) is 4.62. The Kier molecular flexibility index (Phi) is 12.1. The van der Waals surface area contributed by atoms with Crippen molar-refractivity contribution >= 4 is 41.7 Å². The lowest BCUT2D eigenvalue weighted by molar-refractivity contribution is 0.267. The van der Waals surface area contributed by atoms with Crippen LogP contribution in [0.1, 0.15) is 33.6 Å². The lowest BCUT2D eigenvalue weighted by Crippen LogP contribution is -2.45. The smallest absolute Gasteiger partial charge is 0.191 e. The molecule has 1 rings (SSSR count). The van der Waals surface area contributed by atoms with E-state index in [2.05, 4.69) is 47.6 Å². The summed E-state index contributed by atoms with van der Waals surface area (Å²) >= 11 is 1.86. The van der Waals surface area contributed by atoms with E-state index in [0.717, 1.165) is 32.1 Å². The maximum Gasteiger partial charge on any atom is 0.191 e. The highest BCUT2D eigenvalue weighted by molar-refractivity contribution is 14.0. The predicted octanol–water partition coefficient (Wildman–Crippen LogP) is 2.40. The molecule has 0 aromatic carbocycles. The number of rotatable bonds is 7. The molecule has 0 bridgehead atoms. The molecule has 120 valence electrons. The number of aliphatic imine (C=N–C) groups is 1. The molecule has 2 unspecified atom stereocenters. The Morgan fingerprint density at radius 1 is 1.40 bits per heavy atom. The van der Waals surface area contributed by atoms with E-state index in [4.69, 9.17) is 0 Å². The highest BCUT2D eigenvalue weighted by atomic mass is 127. The number of hydrogen-bond donors (Lipinski definition) is 2. The molecule has 0 aliphatic carbocycles. The third kappa shape index (κ3) is 7.36. The van der Waals surface area contributed by atoms with E-state index in [0.29, 0.717) is 11.3 Å². The summed E-state index contributed by atoms with van der Waals surface area (Å²) in [5.41, 5.74) is 0. The summed E-state index contributed by atoms with van der Waals surface area (Å²) < 4.78 is 0. The van der Waals surface area contributed by atoms with Crippen LogP contribution in [0, 0.1) is 0 Å². The molecule has 1 fully saturated rings. The van der Waals surface area contributed by atoms with Gasteiger partial charge in [0.15, 0.2) is 5.96 Å². The standard InChI is InChI=1S/C14H30N4S.HI/c1-5-15-14(16-10-12(3)19-4)17-11-13-8-7-9-18(13)6-2;/h12-13H,5-11H2,1-4H3,(H2,15,16,17);1H. The van der Waals surface area contributed by atoms with Crippen molar-refractivity contribution < 1.29 is 0 Å². The Labute approximate surface area is 145 Å². The molecule has 1 aliphatic heterocycles. The molecule has 0 aromatic rings. The van der Waals surface area contributed by atoms with Gasteiger partial charge >= 0.3 is 0 Å². The summed E-state index contributed by atoms with van der Waals surface area (Å²) in [6, 6.07) is 0.673. The van der Waals surface area contributed by atoms with Crippen molar-refractivity contribution in [2.75, 3.05) is 39.0 Å². The Balaban J connectivity index is 0.00000361. The second-order valence-electron chi connectivity index (χ2n) is 5.07. The van der Waals surface area contributed by atoms with E-state index < -0.39 is 0 Å². The van der Waals surface area contributed by atoms with Crippen LogP contribution in [-0.2, 0) is 0 Å². The molecule has 6 heteroatoms. The number of halogens is 1. The normalized spacial score (nSPS) is 21.4. The van der Waals surface area contributed by atoms with Crippen molar-refractivity contribution in [3.63, 3.8) is 0 Å². The molecule has 1 saturated heterocycles. The van der Waals surface area contributed by atoms with Gasteiger partial charge in [0.2, 0.25) is 0 Å². The van der Waals surface area contributed by atoms with E-state index in [1.807, 2.05) is 11.8 Å². The van der Waals surface area contributed by atoms with E-state index >= 15 is 0 Å². The van der Waals surface area contributed by atoms with Gasteiger partial charge in [-0.05, 0) is 39.1 Å². The molecule has 1 aliphatic rings. The number of hydrogen-bond acceptors (Lipinski definition) is 3. The molecule has 2 N–H and O–H groups in total. The zero-order valence-corrected chi connectivity index (χ0v) is 16.5. The summed E-state index contributed by atoms with van der Waals surface area (Å²) in [6.07, 6.45) is 4.77. The zero-order valence-electron chi connectivity index (χ0n) is 13.3. The van der Waals surface area contributed by atoms with Gasteiger partial charge in [-0.15, -0.1) is 24.0 Å². The lowest BCUT2D eigenvalue weighted by Gasteiger charge is -2.24. The van der Waals surface area contributed by atoms with Gasteiger partial charge in [-0.25, -0.2) is 0 Å². The molecule has 20 heavy (non-hydrogen) atoms. The fraction of sp³-hybridized carbons (Fsp3) is 0.929. The average molecular weight is 414 g/mol. The van der Waals surface area contributed by atoms with Gasteiger partial charge in [-0.1, -0.05) is 13.8 Å². The Morgan fingerprint density at radius 2 is 2.15 bits per heavy atom. The number of nitrogens with zero attached hydrogens (tertiary/aromatic N) is 2. The Hall–Kier alpha value is 0.310. The van der Waals surface area contributed by atoms with Crippen molar-refractivity contribution in [2.45, 2.75) is 44.9 Å². The first-order valence-corrected chi connectivity index (χ1v) is 8.79. The molecular weight excluding hydrogens is 383 g/mol. The number of nitrogens with one attached hydrogen (secondary N) is 2. The van der Waals surface area contributed by atoms with Crippen molar-refractivity contribution in [3.05, 3.63) is 0 Å². The van der Waals surface area contributed by atoms with E-state index in [9.17, 15) is 0 Å². The van der Waals surface area contributed by atoms with Crippen LogP contribution in [0.4, 0.5) is 0 Å². The molecule has 2 atom stereocenters. The fourth-order valence-corrected chi connectivity index (χ4v) is 2.62. The minimum atomic E-state index is 0. The van der Waals surface area contributed by atoms with Crippen LogP contribution in [0.2, 0.25) is 0 Å². The monoisotopic (exact) mass is 414 g/mol. The van der Waals surface area contributed by atoms with Crippen LogP contribution in [0.15, 0.2) is 4.99 Å². The van der Waals surface area contributed by atoms with Crippen LogP contribution >= 0.6 is 35.7 Å². The van der Waals surface area contributed by atoms with Gasteiger partial charge < -0.3 is 10.6 Å². The first-order chi connectivity index (χ1) is 9.21. The molecule has 0 spiro atoms. The van der Waals surface area contributed by atoms with Gasteiger partial charge in [-0.2, -0.15) is 11.8 Å². The van der Waals surface area contributed by atoms with E-state index in [-0.39, 0.29) is 24.0 Å². The molecular formula is C14H31IN4S. The minimum Gasteiger partial charge on any atom is -0.357 e. The third-order valence-electron chi connectivity index (χ3n) is 3.66. The summed E-state index contributed by atoms with van der Waals surface area (Å²) in [6.45, 7) is 11.8. The second-order valence-corrected chi connectivity index (χ2v) is 6.35. The summed E-state index contributed by atoms with van der Waals surface area (Å²) in [5.74, 6) is 0.964. The van der Waals surface area contributed by atoms with Crippen molar-refractivity contribution in [1.82, 2.24) is 15.5 Å². The highest BCUT2D eigenvalue weighted by Crippen LogP contribution is 2.15. The maximum absolute atomic E-state index is 4.65. The SMILES string of the molecule is CCNC(=NCC(C)SC)NCC1CCCN1CC.I. The summed E-state index contributed by atoms with van der Waals surface area (Å²) in [4.78, 5) is 7.21. The van der Waals surface area contributed by atoms with E-state index in [1.165, 1.54) is 19.4 Å². The molecule has 0 radical (unpaired) electrons. The average Bonchev–Trinajstić information content (AvgIpc) is 2.88. The van der Waals surface area contributed by atoms with Crippen LogP contribution in [0.3, 0.4) is 0 Å². The molecule has 4 nitrogen and oxygen atoms in total. The maximum atomic E-state index is 4.65. The summed E-state index contributed by atoms with van der Waals surface area (Å²) in [7, 11) is 0. The molecule has 0 amide bonds. The largest absolute Gasteiger partial charge is 0.357 e. The van der Waals surface area contributed by atoms with Gasteiger partial charge in [0.05, 0.1) is 6.54 Å². The first kappa shape index (κ1) is 20.3. The predicted molar refractivity (Wildman–Crippen MR) is 103 cm³/mol. The fourth-order valence-electron chi connectivity index (χ4n) is 2.39. The second kappa shape index (κ2) is 11.9. The van der Waals surface area contributed by atoms with Gasteiger partial charge in [0.25, 0.3) is 0 Å². The first-order valence-electron chi connectivity index (χ1n) is 7.50. The van der Waals surface area contributed by atoms with Crippen molar-refractivity contribution in [2.24, 2.45) is 4.99 Å². The number of guanidine groups is 1. The van der Waals surface area contributed by atoms with Crippen LogP contribution < -0.4 is 10.6 Å². The van der Waals surface area contributed by atoms with E-state index in [1.54, 1.807) is 0 Å². The van der Waals surface area contributed by atoms with Crippen LogP contribution in [-0.4, -0.2) is 61.1 Å².